The molecule has 0 aliphatic carbocycles. The number of ether oxygens (including phenoxy) is 1. The van der Waals surface area contributed by atoms with Crippen LogP contribution in [0.2, 0.25) is 0 Å². The van der Waals surface area contributed by atoms with Crippen molar-refractivity contribution in [3.05, 3.63) is 95.4 Å². The Morgan fingerprint density at radius 1 is 1.00 bits per heavy atom. The largest absolute Gasteiger partial charge is 0.469 e. The monoisotopic (exact) mass is 451 g/mol. The summed E-state index contributed by atoms with van der Waals surface area (Å²) < 4.78 is 38.3. The van der Waals surface area contributed by atoms with Gasteiger partial charge in [-0.3, -0.25) is 4.79 Å². The maximum atomic E-state index is 13.2. The second kappa shape index (κ2) is 9.47. The number of benzene rings is 2. The highest BCUT2D eigenvalue weighted by atomic mass is 19.1. The first-order valence-corrected chi connectivity index (χ1v) is 10.0. The fourth-order valence-corrected chi connectivity index (χ4v) is 3.15. The summed E-state index contributed by atoms with van der Waals surface area (Å²) >= 11 is 0. The number of carbonyl (C=O) groups excluding carboxylic acids is 2. The van der Waals surface area contributed by atoms with Crippen molar-refractivity contribution in [2.45, 2.75) is 13.5 Å². The molecular formula is C24H19F2N3O4. The van der Waals surface area contributed by atoms with Crippen LogP contribution in [0.25, 0.3) is 11.3 Å². The van der Waals surface area contributed by atoms with Gasteiger partial charge >= 0.3 is 5.97 Å². The molecule has 0 aliphatic rings. The van der Waals surface area contributed by atoms with Gasteiger partial charge in [-0.05, 0) is 61.5 Å². The van der Waals surface area contributed by atoms with Crippen LogP contribution in [0.5, 0.6) is 0 Å². The fraction of sp³-hybridized carbons (Fsp3) is 0.125. The average molecular weight is 451 g/mol. The Hall–Kier alpha value is -4.27. The van der Waals surface area contributed by atoms with Crippen LogP contribution in [0.15, 0.2) is 71.3 Å². The summed E-state index contributed by atoms with van der Waals surface area (Å²) in [6.45, 7) is 1.89. The van der Waals surface area contributed by atoms with Gasteiger partial charge < -0.3 is 14.5 Å². The Morgan fingerprint density at radius 2 is 1.64 bits per heavy atom. The number of nitrogens with one attached hydrogen (secondary N) is 1. The van der Waals surface area contributed by atoms with Gasteiger partial charge in [0.15, 0.2) is 0 Å². The van der Waals surface area contributed by atoms with Gasteiger partial charge in [0.25, 0.3) is 5.91 Å². The molecule has 0 saturated carbocycles. The smallest absolute Gasteiger partial charge is 0.338 e. The maximum absolute atomic E-state index is 13.2. The highest BCUT2D eigenvalue weighted by Gasteiger charge is 2.16. The number of halogens is 2. The van der Waals surface area contributed by atoms with Crippen LogP contribution >= 0.6 is 0 Å². The third-order valence-electron chi connectivity index (χ3n) is 4.88. The van der Waals surface area contributed by atoms with Gasteiger partial charge in [-0.25, -0.2) is 18.3 Å². The Balaban J connectivity index is 1.51. The number of anilines is 1. The van der Waals surface area contributed by atoms with Crippen molar-refractivity contribution in [2.75, 3.05) is 11.9 Å². The molecule has 4 rings (SSSR count). The first-order chi connectivity index (χ1) is 15.9. The van der Waals surface area contributed by atoms with Crippen molar-refractivity contribution in [1.82, 2.24) is 9.78 Å². The van der Waals surface area contributed by atoms with Crippen molar-refractivity contribution in [2.24, 2.45) is 0 Å². The number of rotatable bonds is 7. The summed E-state index contributed by atoms with van der Waals surface area (Å²) in [5, 5.41) is 7.25. The quantitative estimate of drug-likeness (QED) is 0.407. The van der Waals surface area contributed by atoms with Crippen LogP contribution in [0, 0.1) is 18.6 Å². The van der Waals surface area contributed by atoms with E-state index in [1.54, 1.807) is 19.1 Å². The minimum absolute atomic E-state index is 0.0406. The Kier molecular flexibility index (Phi) is 6.30. The number of hydrogen-bond donors (Lipinski definition) is 1. The molecule has 2 aromatic heterocycles. The number of aromatic nitrogens is 2. The molecule has 0 radical (unpaired) electrons. The molecule has 0 atom stereocenters. The standard InChI is InChI=1S/C24H19F2N3O4/c1-15-20(10-12-32-15)21-14-22(27-23(30)16-2-6-18(25)7-3-16)29(28-21)11-13-33-24(31)17-4-8-19(26)9-5-17/h2-10,12,14H,11,13H2,1H3,(H,27,30). The minimum atomic E-state index is -0.607. The van der Waals surface area contributed by atoms with E-state index in [2.05, 4.69) is 10.4 Å². The van der Waals surface area contributed by atoms with Gasteiger partial charge in [-0.15, -0.1) is 0 Å². The van der Waals surface area contributed by atoms with Crippen LogP contribution in [0.4, 0.5) is 14.6 Å². The van der Waals surface area contributed by atoms with Gasteiger partial charge in [0.2, 0.25) is 0 Å². The van der Waals surface area contributed by atoms with Gasteiger partial charge in [-0.2, -0.15) is 5.10 Å². The fourth-order valence-electron chi connectivity index (χ4n) is 3.15. The van der Waals surface area contributed by atoms with Crippen molar-refractivity contribution in [3.63, 3.8) is 0 Å². The molecule has 168 valence electrons. The predicted molar refractivity (Wildman–Crippen MR) is 116 cm³/mol. The predicted octanol–water partition coefficient (Wildman–Crippen LogP) is 4.84. The summed E-state index contributed by atoms with van der Waals surface area (Å²) in [4.78, 5) is 24.8. The first kappa shape index (κ1) is 21.9. The zero-order valence-corrected chi connectivity index (χ0v) is 17.5. The van der Waals surface area contributed by atoms with Crippen LogP contribution in [-0.4, -0.2) is 28.3 Å². The van der Waals surface area contributed by atoms with E-state index < -0.39 is 23.5 Å². The zero-order chi connectivity index (χ0) is 23.4. The van der Waals surface area contributed by atoms with Crippen molar-refractivity contribution in [1.29, 1.82) is 0 Å². The summed E-state index contributed by atoms with van der Waals surface area (Å²) in [6, 6.07) is 13.6. The number of carbonyl (C=O) groups is 2. The lowest BCUT2D eigenvalue weighted by Gasteiger charge is -2.10. The second-order valence-corrected chi connectivity index (χ2v) is 7.13. The molecule has 4 aromatic rings. The van der Waals surface area contributed by atoms with Gasteiger partial charge in [0.05, 0.1) is 24.1 Å². The topological polar surface area (TPSA) is 86.4 Å². The molecule has 2 heterocycles. The molecule has 7 nitrogen and oxygen atoms in total. The van der Waals surface area contributed by atoms with Crippen molar-refractivity contribution in [3.8, 4) is 11.3 Å². The third kappa shape index (κ3) is 5.15. The van der Waals surface area contributed by atoms with Crippen molar-refractivity contribution >= 4 is 17.7 Å². The van der Waals surface area contributed by atoms with E-state index in [0.29, 0.717) is 17.3 Å². The van der Waals surface area contributed by atoms with E-state index in [-0.39, 0.29) is 24.3 Å². The van der Waals surface area contributed by atoms with Crippen molar-refractivity contribution < 1.29 is 27.5 Å². The van der Waals surface area contributed by atoms with Gasteiger partial charge in [0.1, 0.15) is 29.8 Å². The third-order valence-corrected chi connectivity index (χ3v) is 4.88. The number of hydrogen-bond acceptors (Lipinski definition) is 5. The maximum Gasteiger partial charge on any atom is 0.338 e. The molecule has 0 unspecified atom stereocenters. The van der Waals surface area contributed by atoms with Crippen LogP contribution in [0.3, 0.4) is 0 Å². The van der Waals surface area contributed by atoms with Crippen LogP contribution in [0.1, 0.15) is 26.5 Å². The Labute approximate surface area is 187 Å². The van der Waals surface area contributed by atoms with E-state index in [9.17, 15) is 18.4 Å². The molecular weight excluding hydrogens is 432 g/mol. The molecule has 0 spiro atoms. The molecule has 0 saturated heterocycles. The number of esters is 1. The summed E-state index contributed by atoms with van der Waals surface area (Å²) in [5.74, 6) is -0.944. The second-order valence-electron chi connectivity index (χ2n) is 7.13. The summed E-state index contributed by atoms with van der Waals surface area (Å²) in [7, 11) is 0. The highest BCUT2D eigenvalue weighted by molar-refractivity contribution is 6.04. The lowest BCUT2D eigenvalue weighted by molar-refractivity contribution is 0.0488. The van der Waals surface area contributed by atoms with E-state index in [1.807, 2.05) is 0 Å². The van der Waals surface area contributed by atoms with E-state index in [4.69, 9.17) is 9.15 Å². The highest BCUT2D eigenvalue weighted by Crippen LogP contribution is 2.26. The van der Waals surface area contributed by atoms with Crippen LogP contribution < -0.4 is 5.32 Å². The molecule has 0 bridgehead atoms. The first-order valence-electron chi connectivity index (χ1n) is 10.0. The SMILES string of the molecule is Cc1occc1-c1cc(NC(=O)c2ccc(F)cc2)n(CCOC(=O)c2ccc(F)cc2)n1. The Bertz CT molecular complexity index is 1280. The van der Waals surface area contributed by atoms with Gasteiger partial charge in [0, 0.05) is 17.2 Å². The number of nitrogens with zero attached hydrogens (tertiary/aromatic N) is 2. The summed E-state index contributed by atoms with van der Waals surface area (Å²) in [6.07, 6.45) is 1.53. The zero-order valence-electron chi connectivity index (χ0n) is 17.5. The average Bonchev–Trinajstić information content (AvgIpc) is 3.40. The van der Waals surface area contributed by atoms with Crippen LogP contribution in [-0.2, 0) is 11.3 Å². The van der Waals surface area contributed by atoms with E-state index in [0.717, 1.165) is 5.56 Å². The lowest BCUT2D eigenvalue weighted by Crippen LogP contribution is -2.18. The molecule has 33 heavy (non-hydrogen) atoms. The van der Waals surface area contributed by atoms with Gasteiger partial charge in [-0.1, -0.05) is 0 Å². The molecule has 0 aliphatic heterocycles. The molecule has 1 N–H and O–H groups in total. The Morgan fingerprint density at radius 3 is 2.24 bits per heavy atom. The number of furan rings is 1. The molecule has 1 amide bonds. The molecule has 0 fully saturated rings. The molecule has 9 heteroatoms. The number of aryl methyl sites for hydroxylation is 1. The minimum Gasteiger partial charge on any atom is -0.469 e. The normalized spacial score (nSPS) is 10.8. The van der Waals surface area contributed by atoms with E-state index in [1.165, 1.54) is 59.5 Å². The van der Waals surface area contributed by atoms with E-state index >= 15 is 0 Å². The lowest BCUT2D eigenvalue weighted by atomic mass is 10.2. The molecule has 2 aromatic carbocycles. The number of amides is 1. The summed E-state index contributed by atoms with van der Waals surface area (Å²) in [5.41, 5.74) is 1.79.